The molecule has 0 saturated carbocycles. The van der Waals surface area contributed by atoms with Gasteiger partial charge in [-0.2, -0.15) is 0 Å². The fourth-order valence-corrected chi connectivity index (χ4v) is 1.80. The molecule has 2 aromatic rings. The Morgan fingerprint density at radius 2 is 1.55 bits per heavy atom. The molecule has 0 aliphatic carbocycles. The summed E-state index contributed by atoms with van der Waals surface area (Å²) < 4.78 is 0. The summed E-state index contributed by atoms with van der Waals surface area (Å²) in [5.74, 6) is -0.0947. The SMILES string of the molecule is C=C(c1ccccc1)N(C)C(=O)/C=C/c1ccccc1. The van der Waals surface area contributed by atoms with Gasteiger partial charge < -0.3 is 4.90 Å². The first-order valence-corrected chi connectivity index (χ1v) is 6.43. The van der Waals surface area contributed by atoms with Crippen LogP contribution in [-0.4, -0.2) is 17.9 Å². The third kappa shape index (κ3) is 3.45. The van der Waals surface area contributed by atoms with E-state index in [9.17, 15) is 4.79 Å². The molecule has 2 rings (SSSR count). The zero-order chi connectivity index (χ0) is 14.4. The van der Waals surface area contributed by atoms with Gasteiger partial charge in [-0.1, -0.05) is 67.2 Å². The van der Waals surface area contributed by atoms with E-state index in [4.69, 9.17) is 0 Å². The lowest BCUT2D eigenvalue weighted by molar-refractivity contribution is -0.121. The van der Waals surface area contributed by atoms with Crippen molar-refractivity contribution in [3.05, 3.63) is 84.4 Å². The largest absolute Gasteiger partial charge is 0.312 e. The van der Waals surface area contributed by atoms with Gasteiger partial charge in [0.15, 0.2) is 0 Å². The Labute approximate surface area is 119 Å². The number of carbonyl (C=O) groups is 1. The van der Waals surface area contributed by atoms with Crippen LogP contribution < -0.4 is 0 Å². The molecule has 20 heavy (non-hydrogen) atoms. The number of carbonyl (C=O) groups excluding carboxylic acids is 1. The third-order valence-corrected chi connectivity index (χ3v) is 3.06. The van der Waals surface area contributed by atoms with Crippen LogP contribution in [0.1, 0.15) is 11.1 Å². The first kappa shape index (κ1) is 13.8. The summed E-state index contributed by atoms with van der Waals surface area (Å²) in [6.07, 6.45) is 3.36. The topological polar surface area (TPSA) is 20.3 Å². The average molecular weight is 263 g/mol. The van der Waals surface area contributed by atoms with Gasteiger partial charge in [0.05, 0.1) is 0 Å². The molecule has 0 unspecified atom stereocenters. The normalized spacial score (nSPS) is 10.4. The molecule has 0 fully saturated rings. The summed E-state index contributed by atoms with van der Waals surface area (Å²) in [7, 11) is 1.73. The van der Waals surface area contributed by atoms with E-state index in [1.807, 2.05) is 60.7 Å². The van der Waals surface area contributed by atoms with Crippen LogP contribution in [0.25, 0.3) is 11.8 Å². The van der Waals surface area contributed by atoms with E-state index in [1.165, 1.54) is 0 Å². The summed E-state index contributed by atoms with van der Waals surface area (Å²) in [6.45, 7) is 3.97. The van der Waals surface area contributed by atoms with E-state index in [-0.39, 0.29) is 5.91 Å². The van der Waals surface area contributed by atoms with Crippen molar-refractivity contribution in [2.24, 2.45) is 0 Å². The fraction of sp³-hybridized carbons (Fsp3) is 0.0556. The minimum absolute atomic E-state index is 0.0947. The molecule has 0 aromatic heterocycles. The molecule has 2 heteroatoms. The number of rotatable bonds is 4. The standard InChI is InChI=1S/C18H17NO/c1-15(17-11-7-4-8-12-17)19(2)18(20)14-13-16-9-5-3-6-10-16/h3-14H,1H2,2H3/b14-13+. The molecule has 2 nitrogen and oxygen atoms in total. The zero-order valence-corrected chi connectivity index (χ0v) is 11.5. The van der Waals surface area contributed by atoms with E-state index >= 15 is 0 Å². The number of hydrogen-bond acceptors (Lipinski definition) is 1. The molecular weight excluding hydrogens is 246 g/mol. The van der Waals surface area contributed by atoms with Gasteiger partial charge in [-0.05, 0) is 17.2 Å². The van der Waals surface area contributed by atoms with Crippen molar-refractivity contribution in [3.8, 4) is 0 Å². The number of benzene rings is 2. The summed E-state index contributed by atoms with van der Waals surface area (Å²) in [5, 5.41) is 0. The average Bonchev–Trinajstić information content (AvgIpc) is 2.53. The number of hydrogen-bond donors (Lipinski definition) is 0. The van der Waals surface area contributed by atoms with Crippen LogP contribution in [0.3, 0.4) is 0 Å². The Hall–Kier alpha value is -2.61. The predicted octanol–water partition coefficient (Wildman–Crippen LogP) is 3.83. The second-order valence-corrected chi connectivity index (χ2v) is 4.45. The van der Waals surface area contributed by atoms with Crippen molar-refractivity contribution in [1.82, 2.24) is 4.90 Å². The smallest absolute Gasteiger partial charge is 0.250 e. The van der Waals surface area contributed by atoms with Gasteiger partial charge >= 0.3 is 0 Å². The van der Waals surface area contributed by atoms with Gasteiger partial charge in [-0.3, -0.25) is 4.79 Å². The maximum Gasteiger partial charge on any atom is 0.250 e. The minimum Gasteiger partial charge on any atom is -0.312 e. The van der Waals surface area contributed by atoms with E-state index < -0.39 is 0 Å². The van der Waals surface area contributed by atoms with E-state index in [2.05, 4.69) is 6.58 Å². The Morgan fingerprint density at radius 3 is 2.15 bits per heavy atom. The van der Waals surface area contributed by atoms with Crippen LogP contribution in [0, 0.1) is 0 Å². The number of nitrogens with zero attached hydrogens (tertiary/aromatic N) is 1. The summed E-state index contributed by atoms with van der Waals surface area (Å²) >= 11 is 0. The Morgan fingerprint density at radius 1 is 1.00 bits per heavy atom. The van der Waals surface area contributed by atoms with Crippen LogP contribution in [0.5, 0.6) is 0 Å². The third-order valence-electron chi connectivity index (χ3n) is 3.06. The molecule has 0 aliphatic heterocycles. The highest BCUT2D eigenvalue weighted by Gasteiger charge is 2.10. The molecule has 2 aromatic carbocycles. The molecule has 0 saturated heterocycles. The molecule has 100 valence electrons. The summed E-state index contributed by atoms with van der Waals surface area (Å²) in [4.78, 5) is 13.7. The first-order valence-electron chi connectivity index (χ1n) is 6.43. The summed E-state index contributed by atoms with van der Waals surface area (Å²) in [5.41, 5.74) is 2.63. The van der Waals surface area contributed by atoms with Crippen LogP contribution in [0.2, 0.25) is 0 Å². The van der Waals surface area contributed by atoms with Gasteiger partial charge in [0.1, 0.15) is 0 Å². The highest BCUT2D eigenvalue weighted by Crippen LogP contribution is 2.15. The summed E-state index contributed by atoms with van der Waals surface area (Å²) in [6, 6.07) is 19.4. The van der Waals surface area contributed by atoms with Gasteiger partial charge in [-0.15, -0.1) is 0 Å². The molecule has 0 atom stereocenters. The van der Waals surface area contributed by atoms with Crippen molar-refractivity contribution >= 4 is 17.7 Å². The molecule has 1 amide bonds. The molecule has 0 spiro atoms. The van der Waals surface area contributed by atoms with Crippen molar-refractivity contribution in [2.75, 3.05) is 7.05 Å². The predicted molar refractivity (Wildman–Crippen MR) is 83.7 cm³/mol. The highest BCUT2D eigenvalue weighted by atomic mass is 16.2. The second kappa shape index (κ2) is 6.53. The first-order chi connectivity index (χ1) is 9.68. The van der Waals surface area contributed by atoms with Gasteiger partial charge in [-0.25, -0.2) is 0 Å². The molecule has 0 N–H and O–H groups in total. The molecule has 0 bridgehead atoms. The van der Waals surface area contributed by atoms with Crippen LogP contribution >= 0.6 is 0 Å². The Bertz CT molecular complexity index is 614. The van der Waals surface area contributed by atoms with E-state index in [0.29, 0.717) is 5.70 Å². The Kier molecular flexibility index (Phi) is 4.51. The van der Waals surface area contributed by atoms with E-state index in [0.717, 1.165) is 11.1 Å². The van der Waals surface area contributed by atoms with Crippen LogP contribution in [0.15, 0.2) is 73.3 Å². The lowest BCUT2D eigenvalue weighted by atomic mass is 10.1. The van der Waals surface area contributed by atoms with Gasteiger partial charge in [0.25, 0.3) is 5.91 Å². The zero-order valence-electron chi connectivity index (χ0n) is 11.5. The van der Waals surface area contributed by atoms with Gasteiger partial charge in [0, 0.05) is 18.8 Å². The van der Waals surface area contributed by atoms with Crippen molar-refractivity contribution in [3.63, 3.8) is 0 Å². The minimum atomic E-state index is -0.0947. The monoisotopic (exact) mass is 263 g/mol. The quantitative estimate of drug-likeness (QED) is 0.768. The number of likely N-dealkylation sites (N-methyl/N-ethyl adjacent to an activating group) is 1. The van der Waals surface area contributed by atoms with Gasteiger partial charge in [0.2, 0.25) is 0 Å². The second-order valence-electron chi connectivity index (χ2n) is 4.45. The number of amides is 1. The van der Waals surface area contributed by atoms with Crippen molar-refractivity contribution in [1.29, 1.82) is 0 Å². The molecule has 0 aliphatic rings. The van der Waals surface area contributed by atoms with Crippen molar-refractivity contribution < 1.29 is 4.79 Å². The molecule has 0 heterocycles. The Balaban J connectivity index is 2.06. The van der Waals surface area contributed by atoms with Crippen LogP contribution in [0.4, 0.5) is 0 Å². The molecule has 0 radical (unpaired) electrons. The lowest BCUT2D eigenvalue weighted by Gasteiger charge is -2.18. The van der Waals surface area contributed by atoms with Crippen molar-refractivity contribution in [2.45, 2.75) is 0 Å². The van der Waals surface area contributed by atoms with Crippen LogP contribution in [-0.2, 0) is 4.79 Å². The fourth-order valence-electron chi connectivity index (χ4n) is 1.80. The highest BCUT2D eigenvalue weighted by molar-refractivity contribution is 5.96. The lowest BCUT2D eigenvalue weighted by Crippen LogP contribution is -2.22. The molecular formula is C18H17NO. The maximum atomic E-state index is 12.1. The maximum absolute atomic E-state index is 12.1. The van der Waals surface area contributed by atoms with E-state index in [1.54, 1.807) is 24.1 Å².